The van der Waals surface area contributed by atoms with Crippen LogP contribution >= 0.6 is 11.3 Å². The minimum atomic E-state index is 0.757. The SMILES string of the molecule is CCCOc1cc2sc(NCCc3ccccc3)nc2cc1C. The molecule has 1 N–H and O–H groups in total. The molecule has 4 heteroatoms. The Morgan fingerprint density at radius 2 is 2.00 bits per heavy atom. The molecule has 0 saturated carbocycles. The molecule has 0 fully saturated rings. The number of fused-ring (bicyclic) bond motifs is 1. The first-order valence-corrected chi connectivity index (χ1v) is 8.89. The third kappa shape index (κ3) is 4.02. The number of benzene rings is 2. The normalized spacial score (nSPS) is 10.9. The molecule has 0 aliphatic carbocycles. The van der Waals surface area contributed by atoms with Gasteiger partial charge in [0.15, 0.2) is 5.13 Å². The van der Waals surface area contributed by atoms with Crippen molar-refractivity contribution in [3.63, 3.8) is 0 Å². The Labute approximate surface area is 141 Å². The number of nitrogens with zero attached hydrogens (tertiary/aromatic N) is 1. The zero-order chi connectivity index (χ0) is 16.1. The number of aromatic nitrogens is 1. The van der Waals surface area contributed by atoms with Crippen LogP contribution in [0.5, 0.6) is 5.75 Å². The van der Waals surface area contributed by atoms with E-state index < -0.39 is 0 Å². The van der Waals surface area contributed by atoms with Gasteiger partial charge in [-0.2, -0.15) is 0 Å². The predicted molar refractivity (Wildman–Crippen MR) is 98.8 cm³/mol. The summed E-state index contributed by atoms with van der Waals surface area (Å²) in [5.41, 5.74) is 3.53. The van der Waals surface area contributed by atoms with E-state index in [-0.39, 0.29) is 0 Å². The fraction of sp³-hybridized carbons (Fsp3) is 0.316. The Balaban J connectivity index is 1.67. The Morgan fingerprint density at radius 1 is 1.17 bits per heavy atom. The predicted octanol–water partition coefficient (Wildman–Crippen LogP) is 5.05. The van der Waals surface area contributed by atoms with Crippen molar-refractivity contribution >= 4 is 26.7 Å². The second-order valence-electron chi connectivity index (χ2n) is 5.62. The summed E-state index contributed by atoms with van der Waals surface area (Å²) in [5, 5.41) is 4.41. The van der Waals surface area contributed by atoms with E-state index in [1.54, 1.807) is 11.3 Å². The first-order chi connectivity index (χ1) is 11.3. The van der Waals surface area contributed by atoms with E-state index in [0.29, 0.717) is 0 Å². The topological polar surface area (TPSA) is 34.1 Å². The number of hydrogen-bond donors (Lipinski definition) is 1. The highest BCUT2D eigenvalue weighted by molar-refractivity contribution is 7.22. The molecule has 23 heavy (non-hydrogen) atoms. The van der Waals surface area contributed by atoms with Crippen LogP contribution < -0.4 is 10.1 Å². The average Bonchev–Trinajstić information content (AvgIpc) is 2.95. The van der Waals surface area contributed by atoms with Crippen molar-refractivity contribution in [3.05, 3.63) is 53.6 Å². The second-order valence-corrected chi connectivity index (χ2v) is 6.65. The minimum Gasteiger partial charge on any atom is -0.493 e. The molecular weight excluding hydrogens is 304 g/mol. The summed E-state index contributed by atoms with van der Waals surface area (Å²) in [4.78, 5) is 4.68. The van der Waals surface area contributed by atoms with E-state index in [9.17, 15) is 0 Å². The van der Waals surface area contributed by atoms with Gasteiger partial charge in [-0.05, 0) is 43.0 Å². The molecule has 0 saturated heterocycles. The van der Waals surface area contributed by atoms with Crippen LogP contribution in [0.3, 0.4) is 0 Å². The highest BCUT2D eigenvalue weighted by Gasteiger charge is 2.08. The maximum atomic E-state index is 5.80. The summed E-state index contributed by atoms with van der Waals surface area (Å²) < 4.78 is 6.97. The maximum Gasteiger partial charge on any atom is 0.183 e. The number of rotatable bonds is 7. The third-order valence-electron chi connectivity index (χ3n) is 3.68. The van der Waals surface area contributed by atoms with Gasteiger partial charge in [0.1, 0.15) is 5.75 Å². The van der Waals surface area contributed by atoms with Gasteiger partial charge in [-0.15, -0.1) is 0 Å². The standard InChI is InChI=1S/C19H22N2OS/c1-3-11-22-17-13-18-16(12-14(17)2)21-19(23-18)20-10-9-15-7-5-4-6-8-15/h4-8,12-13H,3,9-11H2,1-2H3,(H,20,21). The Hall–Kier alpha value is -2.07. The van der Waals surface area contributed by atoms with Crippen molar-refractivity contribution in [1.29, 1.82) is 0 Å². The van der Waals surface area contributed by atoms with Crippen LogP contribution in [0.15, 0.2) is 42.5 Å². The van der Waals surface area contributed by atoms with Crippen molar-refractivity contribution in [2.45, 2.75) is 26.7 Å². The lowest BCUT2D eigenvalue weighted by atomic mass is 10.1. The molecule has 2 aromatic carbocycles. The zero-order valence-electron chi connectivity index (χ0n) is 13.6. The lowest BCUT2D eigenvalue weighted by Crippen LogP contribution is -2.04. The number of aryl methyl sites for hydroxylation is 1. The van der Waals surface area contributed by atoms with E-state index in [4.69, 9.17) is 4.74 Å². The molecule has 0 aliphatic rings. The second kappa shape index (κ2) is 7.47. The van der Waals surface area contributed by atoms with E-state index in [2.05, 4.69) is 60.5 Å². The van der Waals surface area contributed by atoms with Crippen molar-refractivity contribution < 1.29 is 4.74 Å². The molecule has 0 unspecified atom stereocenters. The van der Waals surface area contributed by atoms with Gasteiger partial charge in [0.05, 0.1) is 16.8 Å². The lowest BCUT2D eigenvalue weighted by Gasteiger charge is -2.07. The van der Waals surface area contributed by atoms with Crippen LogP contribution in [0.2, 0.25) is 0 Å². The fourth-order valence-corrected chi connectivity index (χ4v) is 3.36. The molecule has 0 atom stereocenters. The number of nitrogens with one attached hydrogen (secondary N) is 1. The molecule has 120 valence electrons. The Morgan fingerprint density at radius 3 is 2.78 bits per heavy atom. The number of thiazole rings is 1. The molecule has 0 spiro atoms. The number of ether oxygens (including phenoxy) is 1. The molecule has 0 aliphatic heterocycles. The highest BCUT2D eigenvalue weighted by atomic mass is 32.1. The lowest BCUT2D eigenvalue weighted by molar-refractivity contribution is 0.316. The summed E-state index contributed by atoms with van der Waals surface area (Å²) >= 11 is 1.69. The first kappa shape index (κ1) is 15.8. The molecule has 3 nitrogen and oxygen atoms in total. The highest BCUT2D eigenvalue weighted by Crippen LogP contribution is 2.31. The smallest absolute Gasteiger partial charge is 0.183 e. The van der Waals surface area contributed by atoms with E-state index in [1.165, 1.54) is 10.3 Å². The molecule has 3 aromatic rings. The van der Waals surface area contributed by atoms with Crippen LogP contribution in [0.25, 0.3) is 10.2 Å². The first-order valence-electron chi connectivity index (χ1n) is 8.08. The van der Waals surface area contributed by atoms with Crippen LogP contribution in [-0.2, 0) is 6.42 Å². The van der Waals surface area contributed by atoms with Crippen molar-refractivity contribution in [2.75, 3.05) is 18.5 Å². The molecule has 0 radical (unpaired) electrons. The van der Waals surface area contributed by atoms with Crippen LogP contribution in [0.4, 0.5) is 5.13 Å². The summed E-state index contributed by atoms with van der Waals surface area (Å²) in [6, 6.07) is 14.7. The van der Waals surface area contributed by atoms with E-state index in [1.807, 2.05) is 6.07 Å². The van der Waals surface area contributed by atoms with Crippen molar-refractivity contribution in [1.82, 2.24) is 4.98 Å². The number of hydrogen-bond acceptors (Lipinski definition) is 4. The Kier molecular flexibility index (Phi) is 5.13. The average molecular weight is 326 g/mol. The quantitative estimate of drug-likeness (QED) is 0.660. The van der Waals surface area contributed by atoms with Crippen molar-refractivity contribution in [3.8, 4) is 5.75 Å². The molecule has 0 bridgehead atoms. The zero-order valence-corrected chi connectivity index (χ0v) is 14.5. The van der Waals surface area contributed by atoms with Gasteiger partial charge in [-0.1, -0.05) is 48.6 Å². The Bertz CT molecular complexity index is 768. The van der Waals surface area contributed by atoms with Crippen LogP contribution in [0.1, 0.15) is 24.5 Å². The molecule has 3 rings (SSSR count). The summed E-state index contributed by atoms with van der Waals surface area (Å²) in [5.74, 6) is 0.971. The molecule has 1 heterocycles. The summed E-state index contributed by atoms with van der Waals surface area (Å²) in [6.45, 7) is 5.84. The van der Waals surface area contributed by atoms with Gasteiger partial charge in [0.25, 0.3) is 0 Å². The minimum absolute atomic E-state index is 0.757. The molecule has 0 amide bonds. The molecule has 1 aromatic heterocycles. The largest absolute Gasteiger partial charge is 0.493 e. The summed E-state index contributed by atoms with van der Waals surface area (Å²) in [7, 11) is 0. The van der Waals surface area contributed by atoms with Gasteiger partial charge >= 0.3 is 0 Å². The van der Waals surface area contributed by atoms with Crippen LogP contribution in [-0.4, -0.2) is 18.1 Å². The molecular formula is C19H22N2OS. The van der Waals surface area contributed by atoms with Gasteiger partial charge in [0.2, 0.25) is 0 Å². The van der Waals surface area contributed by atoms with Crippen LogP contribution in [0, 0.1) is 6.92 Å². The van der Waals surface area contributed by atoms with Gasteiger partial charge in [-0.3, -0.25) is 0 Å². The van der Waals surface area contributed by atoms with Gasteiger partial charge < -0.3 is 10.1 Å². The van der Waals surface area contributed by atoms with E-state index >= 15 is 0 Å². The monoisotopic (exact) mass is 326 g/mol. The fourth-order valence-electron chi connectivity index (χ4n) is 2.46. The van der Waals surface area contributed by atoms with Crippen molar-refractivity contribution in [2.24, 2.45) is 0 Å². The van der Waals surface area contributed by atoms with Gasteiger partial charge in [0, 0.05) is 6.54 Å². The maximum absolute atomic E-state index is 5.80. The summed E-state index contributed by atoms with van der Waals surface area (Å²) in [6.07, 6.45) is 2.02. The van der Waals surface area contributed by atoms with Gasteiger partial charge in [-0.25, -0.2) is 4.98 Å². The number of anilines is 1. The van der Waals surface area contributed by atoms with E-state index in [0.717, 1.165) is 48.0 Å². The third-order valence-corrected chi connectivity index (χ3v) is 4.66.